The van der Waals surface area contributed by atoms with Crippen molar-refractivity contribution in [3.8, 4) is 5.75 Å². The lowest BCUT2D eigenvalue weighted by atomic mass is 10.0. The Morgan fingerprint density at radius 3 is 2.72 bits per heavy atom. The van der Waals surface area contributed by atoms with E-state index in [0.29, 0.717) is 0 Å². The maximum atomic E-state index is 13.7. The van der Waals surface area contributed by atoms with Gasteiger partial charge in [-0.2, -0.15) is 10.1 Å². The summed E-state index contributed by atoms with van der Waals surface area (Å²) in [7, 11) is -4.21. The number of esters is 1. The summed E-state index contributed by atoms with van der Waals surface area (Å²) in [5.74, 6) is -0.393. The molecule has 0 amide bonds. The SMILES string of the molecule is CC(C)OC(=O)[C@@H](C)N[P@](=O)(OC[C@@]12CO[C@@H]([C@H](n3ccc(N)nc3=O)O1)[C@@H]2O)Oc1ccccc1. The van der Waals surface area contributed by atoms with E-state index in [-0.39, 0.29) is 24.3 Å². The van der Waals surface area contributed by atoms with Gasteiger partial charge in [0.2, 0.25) is 0 Å². The number of rotatable bonds is 10. The minimum atomic E-state index is -4.21. The van der Waals surface area contributed by atoms with Crippen LogP contribution in [-0.4, -0.2) is 63.8 Å². The molecular formula is C22H29N4O9P. The van der Waals surface area contributed by atoms with Crippen LogP contribution in [0.5, 0.6) is 5.75 Å². The Bertz CT molecular complexity index is 1190. The second-order valence-electron chi connectivity index (χ2n) is 8.85. The number of nitrogens with two attached hydrogens (primary N) is 1. The Balaban J connectivity index is 1.53. The Morgan fingerprint density at radius 1 is 1.33 bits per heavy atom. The van der Waals surface area contributed by atoms with Crippen LogP contribution in [0, 0.1) is 0 Å². The Morgan fingerprint density at radius 2 is 2.06 bits per heavy atom. The molecule has 4 N–H and O–H groups in total. The standard InChI is InChI=1S/C22H29N4O9P/c1-13(2)33-20(28)14(3)25-36(30,35-15-7-5-4-6-8-15)32-12-22-11-31-17(18(22)27)19(34-22)26-10-9-16(23)24-21(26)29/h4-10,13-14,17-19,27H,11-12H2,1-3H3,(H,25,30)(H2,23,24,29)/t14-,17-,18+,19-,22-,36+/m1/s1. The molecule has 14 heteroatoms. The fraction of sp³-hybridized carbons (Fsp3) is 0.500. The van der Waals surface area contributed by atoms with Crippen molar-refractivity contribution in [2.75, 3.05) is 18.9 Å². The minimum absolute atomic E-state index is 0.0362. The molecule has 1 aromatic carbocycles. The van der Waals surface area contributed by atoms with Gasteiger partial charge in [0.15, 0.2) is 6.23 Å². The van der Waals surface area contributed by atoms with Crippen LogP contribution in [0.25, 0.3) is 0 Å². The minimum Gasteiger partial charge on any atom is -0.462 e. The molecule has 2 aliphatic heterocycles. The van der Waals surface area contributed by atoms with E-state index in [1.54, 1.807) is 44.2 Å². The highest BCUT2D eigenvalue weighted by atomic mass is 31.2. The van der Waals surface area contributed by atoms with E-state index in [2.05, 4.69) is 10.1 Å². The maximum absolute atomic E-state index is 13.7. The van der Waals surface area contributed by atoms with Crippen LogP contribution >= 0.6 is 7.75 Å². The molecule has 4 rings (SSSR count). The first kappa shape index (κ1) is 26.3. The van der Waals surface area contributed by atoms with Gasteiger partial charge in [-0.25, -0.2) is 9.36 Å². The molecular weight excluding hydrogens is 495 g/mol. The predicted molar refractivity (Wildman–Crippen MR) is 126 cm³/mol. The molecule has 196 valence electrons. The van der Waals surface area contributed by atoms with E-state index < -0.39 is 56.1 Å². The third-order valence-electron chi connectivity index (χ3n) is 5.64. The molecule has 2 bridgehead atoms. The molecule has 36 heavy (non-hydrogen) atoms. The first-order valence-electron chi connectivity index (χ1n) is 11.3. The summed E-state index contributed by atoms with van der Waals surface area (Å²) in [5.41, 5.74) is 3.40. The molecule has 0 saturated carbocycles. The van der Waals surface area contributed by atoms with Gasteiger partial charge in [0.1, 0.15) is 35.4 Å². The van der Waals surface area contributed by atoms with Crippen molar-refractivity contribution in [2.24, 2.45) is 0 Å². The van der Waals surface area contributed by atoms with Crippen molar-refractivity contribution in [2.45, 2.75) is 57.0 Å². The van der Waals surface area contributed by atoms with Crippen LogP contribution in [0.4, 0.5) is 5.82 Å². The number of ether oxygens (including phenoxy) is 3. The van der Waals surface area contributed by atoms with E-state index in [4.69, 9.17) is 29.0 Å². The first-order valence-corrected chi connectivity index (χ1v) is 12.9. The summed E-state index contributed by atoms with van der Waals surface area (Å²) >= 11 is 0. The van der Waals surface area contributed by atoms with Crippen LogP contribution in [-0.2, 0) is 28.1 Å². The average molecular weight is 524 g/mol. The zero-order chi connectivity index (χ0) is 26.1. The number of fused-ring (bicyclic) bond motifs is 2. The number of aliphatic hydroxyl groups excluding tert-OH is 1. The second-order valence-corrected chi connectivity index (χ2v) is 10.5. The molecule has 0 spiro atoms. The number of nitrogen functional groups attached to an aromatic ring is 1. The molecule has 1 aromatic heterocycles. The Kier molecular flexibility index (Phi) is 7.51. The number of nitrogens with zero attached hydrogens (tertiary/aromatic N) is 2. The molecule has 0 radical (unpaired) electrons. The number of hydrogen-bond donors (Lipinski definition) is 3. The van der Waals surface area contributed by atoms with Gasteiger partial charge in [0.25, 0.3) is 0 Å². The zero-order valence-corrected chi connectivity index (χ0v) is 20.9. The average Bonchev–Trinajstić information content (AvgIpc) is 3.27. The number of carbonyl (C=O) groups excluding carboxylic acids is 1. The van der Waals surface area contributed by atoms with Crippen LogP contribution in [0.2, 0.25) is 0 Å². The maximum Gasteiger partial charge on any atom is 0.459 e. The predicted octanol–water partition coefficient (Wildman–Crippen LogP) is 0.986. The van der Waals surface area contributed by atoms with Gasteiger partial charge in [-0.1, -0.05) is 18.2 Å². The summed E-state index contributed by atoms with van der Waals surface area (Å²) in [6.07, 6.45) is -2.14. The lowest BCUT2D eigenvalue weighted by Gasteiger charge is -2.32. The highest BCUT2D eigenvalue weighted by molar-refractivity contribution is 7.52. The van der Waals surface area contributed by atoms with Gasteiger partial charge < -0.3 is 29.6 Å². The summed E-state index contributed by atoms with van der Waals surface area (Å²) < 4.78 is 43.0. The Labute approximate surface area is 207 Å². The summed E-state index contributed by atoms with van der Waals surface area (Å²) in [6, 6.07) is 8.61. The molecule has 0 unspecified atom stereocenters. The molecule has 2 fully saturated rings. The smallest absolute Gasteiger partial charge is 0.459 e. The van der Waals surface area contributed by atoms with Crippen LogP contribution < -0.4 is 21.0 Å². The number of nitrogens with one attached hydrogen (secondary N) is 1. The van der Waals surface area contributed by atoms with Gasteiger partial charge in [-0.3, -0.25) is 13.9 Å². The van der Waals surface area contributed by atoms with E-state index in [9.17, 15) is 19.3 Å². The van der Waals surface area contributed by atoms with E-state index in [1.807, 2.05) is 0 Å². The monoisotopic (exact) mass is 524 g/mol. The lowest BCUT2D eigenvalue weighted by Crippen LogP contribution is -2.46. The molecule has 6 atom stereocenters. The molecule has 2 aliphatic rings. The largest absolute Gasteiger partial charge is 0.462 e. The number of para-hydroxylation sites is 1. The third-order valence-corrected chi connectivity index (χ3v) is 7.26. The topological polar surface area (TPSA) is 173 Å². The van der Waals surface area contributed by atoms with Gasteiger partial charge in [0, 0.05) is 6.20 Å². The number of anilines is 1. The number of benzene rings is 1. The summed E-state index contributed by atoms with van der Waals surface area (Å²) in [5, 5.41) is 13.5. The molecule has 0 aliphatic carbocycles. The van der Waals surface area contributed by atoms with Crippen molar-refractivity contribution in [3.05, 3.63) is 53.1 Å². The van der Waals surface area contributed by atoms with Gasteiger partial charge in [-0.05, 0) is 39.0 Å². The normalized spacial score (nSPS) is 27.5. The highest BCUT2D eigenvalue weighted by Crippen LogP contribution is 2.50. The van der Waals surface area contributed by atoms with Crippen molar-refractivity contribution < 1.29 is 37.7 Å². The van der Waals surface area contributed by atoms with E-state index >= 15 is 0 Å². The van der Waals surface area contributed by atoms with Crippen LogP contribution in [0.1, 0.15) is 27.0 Å². The van der Waals surface area contributed by atoms with Crippen molar-refractivity contribution in [1.82, 2.24) is 14.6 Å². The number of hydrogen-bond acceptors (Lipinski definition) is 11. The molecule has 2 aromatic rings. The first-order chi connectivity index (χ1) is 17.0. The summed E-state index contributed by atoms with van der Waals surface area (Å²) in [6.45, 7) is 4.30. The van der Waals surface area contributed by atoms with Gasteiger partial charge in [0.05, 0.1) is 19.3 Å². The highest BCUT2D eigenvalue weighted by Gasteiger charge is 2.62. The second kappa shape index (κ2) is 10.3. The van der Waals surface area contributed by atoms with Gasteiger partial charge in [-0.15, -0.1) is 0 Å². The molecule has 3 heterocycles. The summed E-state index contributed by atoms with van der Waals surface area (Å²) in [4.78, 5) is 28.3. The number of aromatic nitrogens is 2. The van der Waals surface area contributed by atoms with E-state index in [0.717, 1.165) is 4.57 Å². The third kappa shape index (κ3) is 5.46. The lowest BCUT2D eigenvalue weighted by molar-refractivity contribution is -0.185. The zero-order valence-electron chi connectivity index (χ0n) is 20.0. The van der Waals surface area contributed by atoms with Crippen LogP contribution in [0.15, 0.2) is 47.4 Å². The fourth-order valence-electron chi connectivity index (χ4n) is 3.89. The quantitative estimate of drug-likeness (QED) is 0.297. The number of aliphatic hydroxyl groups is 1. The fourth-order valence-corrected chi connectivity index (χ4v) is 5.43. The molecule has 2 saturated heterocycles. The molecule has 13 nitrogen and oxygen atoms in total. The van der Waals surface area contributed by atoms with E-state index in [1.165, 1.54) is 19.2 Å². The van der Waals surface area contributed by atoms with Crippen molar-refractivity contribution in [1.29, 1.82) is 0 Å². The number of carbonyl (C=O) groups is 1. The van der Waals surface area contributed by atoms with Crippen molar-refractivity contribution in [3.63, 3.8) is 0 Å². The van der Waals surface area contributed by atoms with Crippen molar-refractivity contribution >= 4 is 19.5 Å². The Hall–Kier alpha value is -2.80. The van der Waals surface area contributed by atoms with Crippen LogP contribution in [0.3, 0.4) is 0 Å². The van der Waals surface area contributed by atoms with Gasteiger partial charge >= 0.3 is 19.4 Å².